The van der Waals surface area contributed by atoms with Gasteiger partial charge in [-0.15, -0.1) is 0 Å². The Balaban J connectivity index is 4.63. The zero-order valence-corrected chi connectivity index (χ0v) is 12.3. The lowest BCUT2D eigenvalue weighted by Gasteiger charge is -2.41. The predicted octanol–water partition coefficient (Wildman–Crippen LogP) is 4.31. The Bertz CT molecular complexity index is 174. The van der Waals surface area contributed by atoms with Gasteiger partial charge in [-0.3, -0.25) is 0 Å². The van der Waals surface area contributed by atoms with Crippen molar-refractivity contribution in [1.29, 1.82) is 0 Å². The first kappa shape index (κ1) is 15.1. The van der Waals surface area contributed by atoms with Crippen molar-refractivity contribution < 1.29 is 0 Å². The van der Waals surface area contributed by atoms with Crippen LogP contribution < -0.4 is 0 Å². The Morgan fingerprint density at radius 2 is 1.53 bits per heavy atom. The van der Waals surface area contributed by atoms with E-state index in [0.717, 1.165) is 11.8 Å². The molecule has 0 saturated heterocycles. The summed E-state index contributed by atoms with van der Waals surface area (Å²) in [5.41, 5.74) is 0.475. The van der Waals surface area contributed by atoms with E-state index in [1.54, 1.807) is 0 Å². The summed E-state index contributed by atoms with van der Waals surface area (Å²) < 4.78 is 0. The molecule has 0 bridgehead atoms. The normalized spacial score (nSPS) is 15.7. The minimum absolute atomic E-state index is 0.449. The van der Waals surface area contributed by atoms with Gasteiger partial charge in [0.2, 0.25) is 0 Å². The SMILES string of the molecule is BC(C)(C)CC(C)(C)C(CCC)C(C)C. The second kappa shape index (κ2) is 5.41. The van der Waals surface area contributed by atoms with E-state index in [1.165, 1.54) is 19.3 Å². The van der Waals surface area contributed by atoms with Crippen molar-refractivity contribution in [1.82, 2.24) is 0 Å². The highest BCUT2D eigenvalue weighted by atomic mass is 14.4. The monoisotopic (exact) mass is 210 g/mol. The third kappa shape index (κ3) is 5.63. The van der Waals surface area contributed by atoms with Gasteiger partial charge in [0, 0.05) is 0 Å². The summed E-state index contributed by atoms with van der Waals surface area (Å²) in [5.74, 6) is 1.67. The lowest BCUT2D eigenvalue weighted by Crippen LogP contribution is -2.31. The molecule has 1 atom stereocenters. The fourth-order valence-corrected chi connectivity index (χ4v) is 3.44. The Morgan fingerprint density at radius 3 is 1.80 bits per heavy atom. The average Bonchev–Trinajstić information content (AvgIpc) is 1.93. The van der Waals surface area contributed by atoms with Gasteiger partial charge >= 0.3 is 0 Å². The molecule has 0 rings (SSSR count). The zero-order chi connectivity index (χ0) is 12.3. The average molecular weight is 210 g/mol. The summed E-state index contributed by atoms with van der Waals surface area (Å²) in [6.45, 7) is 16.7. The van der Waals surface area contributed by atoms with Crippen molar-refractivity contribution in [2.24, 2.45) is 17.3 Å². The molecule has 90 valence electrons. The van der Waals surface area contributed by atoms with Gasteiger partial charge in [0.05, 0.1) is 0 Å². The molecule has 0 radical (unpaired) electrons. The second-order valence-electron chi connectivity index (χ2n) is 7.37. The first-order chi connectivity index (χ1) is 6.60. The molecule has 0 N–H and O–H groups in total. The lowest BCUT2D eigenvalue weighted by molar-refractivity contribution is 0.119. The van der Waals surface area contributed by atoms with Crippen LogP contribution in [0.5, 0.6) is 0 Å². The maximum absolute atomic E-state index is 2.46. The van der Waals surface area contributed by atoms with Crippen molar-refractivity contribution in [3.63, 3.8) is 0 Å². The van der Waals surface area contributed by atoms with Gasteiger partial charge in [0.15, 0.2) is 0 Å². The van der Waals surface area contributed by atoms with Gasteiger partial charge in [-0.1, -0.05) is 60.2 Å². The van der Waals surface area contributed by atoms with Gasteiger partial charge in [0.1, 0.15) is 7.85 Å². The summed E-state index contributed by atoms with van der Waals surface area (Å²) in [6, 6.07) is 0. The highest BCUT2D eigenvalue weighted by Gasteiger charge is 2.34. The van der Waals surface area contributed by atoms with Crippen molar-refractivity contribution in [3.05, 3.63) is 0 Å². The summed E-state index contributed by atoms with van der Waals surface area (Å²) in [6.07, 6.45) is 4.01. The van der Waals surface area contributed by atoms with Gasteiger partial charge in [-0.05, 0) is 30.1 Å². The lowest BCUT2D eigenvalue weighted by atomic mass is 9.58. The Morgan fingerprint density at radius 1 is 1.07 bits per heavy atom. The summed E-state index contributed by atoms with van der Waals surface area (Å²) in [4.78, 5) is 0. The highest BCUT2D eigenvalue weighted by molar-refractivity contribution is 6.14. The van der Waals surface area contributed by atoms with Crippen LogP contribution in [0.15, 0.2) is 0 Å². The van der Waals surface area contributed by atoms with Gasteiger partial charge < -0.3 is 0 Å². The molecule has 15 heavy (non-hydrogen) atoms. The molecule has 0 aromatic rings. The Labute approximate surface area is 98.6 Å². The number of hydrogen-bond donors (Lipinski definition) is 0. The van der Waals surface area contributed by atoms with Crippen LogP contribution in [0.3, 0.4) is 0 Å². The van der Waals surface area contributed by atoms with Crippen LogP contribution in [0.2, 0.25) is 5.31 Å². The first-order valence-corrected chi connectivity index (χ1v) is 6.60. The molecule has 0 aromatic heterocycles. The molecule has 0 aliphatic heterocycles. The topological polar surface area (TPSA) is 0 Å². The van der Waals surface area contributed by atoms with Crippen LogP contribution in [-0.2, 0) is 0 Å². The maximum Gasteiger partial charge on any atom is 0.108 e. The molecule has 0 amide bonds. The summed E-state index contributed by atoms with van der Waals surface area (Å²) in [7, 11) is 2.36. The van der Waals surface area contributed by atoms with Crippen LogP contribution in [0.25, 0.3) is 0 Å². The van der Waals surface area contributed by atoms with E-state index >= 15 is 0 Å². The van der Waals surface area contributed by atoms with E-state index in [0.29, 0.717) is 10.7 Å². The zero-order valence-electron chi connectivity index (χ0n) is 12.3. The molecule has 1 heteroatoms. The Hall–Kier alpha value is 0.0649. The minimum atomic E-state index is 0.449. The molecular weight excluding hydrogens is 179 g/mol. The molecule has 0 aromatic carbocycles. The van der Waals surface area contributed by atoms with E-state index in [4.69, 9.17) is 0 Å². The largest absolute Gasteiger partial charge is 0.108 e. The number of hydrogen-bond acceptors (Lipinski definition) is 0. The van der Waals surface area contributed by atoms with Crippen molar-refractivity contribution in [2.75, 3.05) is 0 Å². The summed E-state index contributed by atoms with van der Waals surface area (Å²) in [5, 5.41) is 0.449. The molecule has 0 saturated carbocycles. The summed E-state index contributed by atoms with van der Waals surface area (Å²) >= 11 is 0. The highest BCUT2D eigenvalue weighted by Crippen LogP contribution is 2.45. The van der Waals surface area contributed by atoms with E-state index in [9.17, 15) is 0 Å². The minimum Gasteiger partial charge on any atom is -0.0672 e. The molecule has 0 aliphatic carbocycles. The quantitative estimate of drug-likeness (QED) is 0.573. The van der Waals surface area contributed by atoms with Crippen molar-refractivity contribution in [3.8, 4) is 0 Å². The van der Waals surface area contributed by atoms with Crippen LogP contribution in [-0.4, -0.2) is 7.85 Å². The van der Waals surface area contributed by atoms with Gasteiger partial charge in [-0.2, -0.15) is 0 Å². The number of rotatable bonds is 6. The molecule has 0 fully saturated rings. The smallest absolute Gasteiger partial charge is 0.0672 e. The molecule has 0 heterocycles. The first-order valence-electron chi connectivity index (χ1n) is 6.60. The molecule has 1 unspecified atom stereocenters. The van der Waals surface area contributed by atoms with E-state index < -0.39 is 0 Å². The molecule has 0 aliphatic rings. The molecule has 0 nitrogen and oxygen atoms in total. The van der Waals surface area contributed by atoms with Crippen molar-refractivity contribution in [2.45, 2.75) is 73.0 Å². The third-order valence-electron chi connectivity index (χ3n) is 3.39. The van der Waals surface area contributed by atoms with E-state index in [-0.39, 0.29) is 0 Å². The van der Waals surface area contributed by atoms with Crippen LogP contribution >= 0.6 is 0 Å². The predicted molar refractivity (Wildman–Crippen MR) is 74.2 cm³/mol. The van der Waals surface area contributed by atoms with Gasteiger partial charge in [0.25, 0.3) is 0 Å². The standard InChI is InChI=1S/C14H31B/c1-8-9-12(11(2)3)13(4,5)10-14(6,7)15/h11-12H,8-10,15H2,1-7H3. The van der Waals surface area contributed by atoms with Crippen LogP contribution in [0, 0.1) is 17.3 Å². The fourth-order valence-electron chi connectivity index (χ4n) is 3.44. The fraction of sp³-hybridized carbons (Fsp3) is 1.00. The maximum atomic E-state index is 2.46. The molecular formula is C14H31B. The Kier molecular flexibility index (Phi) is 5.43. The van der Waals surface area contributed by atoms with E-state index in [2.05, 4.69) is 56.3 Å². The van der Waals surface area contributed by atoms with Crippen LogP contribution in [0.1, 0.15) is 67.7 Å². The van der Waals surface area contributed by atoms with Crippen molar-refractivity contribution >= 4 is 7.85 Å². The molecule has 0 spiro atoms. The van der Waals surface area contributed by atoms with E-state index in [1.807, 2.05) is 0 Å². The van der Waals surface area contributed by atoms with Crippen LogP contribution in [0.4, 0.5) is 0 Å². The second-order valence-corrected chi connectivity index (χ2v) is 7.37. The van der Waals surface area contributed by atoms with Gasteiger partial charge in [-0.25, -0.2) is 0 Å². The third-order valence-corrected chi connectivity index (χ3v) is 3.39.